The van der Waals surface area contributed by atoms with Crippen LogP contribution in [0.1, 0.15) is 79.1 Å². The molecule has 0 aromatic carbocycles. The Labute approximate surface area is 201 Å². The number of fused-ring (bicyclic) bond motifs is 5. The van der Waals surface area contributed by atoms with Crippen molar-refractivity contribution >= 4 is 17.9 Å². The summed E-state index contributed by atoms with van der Waals surface area (Å²) in [5, 5.41) is 12.5. The monoisotopic (exact) mass is 474 g/mol. The maximum atomic E-state index is 12.5. The van der Waals surface area contributed by atoms with Gasteiger partial charge in [-0.3, -0.25) is 9.59 Å². The molecular weight excluding hydrogens is 436 g/mol. The summed E-state index contributed by atoms with van der Waals surface area (Å²) in [4.78, 5) is 35.4. The van der Waals surface area contributed by atoms with Crippen LogP contribution in [0.4, 0.5) is 0 Å². The first-order valence-corrected chi connectivity index (χ1v) is 12.9. The molecule has 0 radical (unpaired) electrons. The number of aliphatic hydroxyl groups is 1. The smallest absolute Gasteiger partial charge is 0.331 e. The van der Waals surface area contributed by atoms with Crippen LogP contribution in [0.3, 0.4) is 0 Å². The van der Waals surface area contributed by atoms with Gasteiger partial charge in [-0.15, -0.1) is 0 Å². The third kappa shape index (κ3) is 3.44. The second-order valence-corrected chi connectivity index (χ2v) is 12.0. The van der Waals surface area contributed by atoms with Crippen LogP contribution in [0.5, 0.6) is 0 Å². The van der Waals surface area contributed by atoms with Crippen molar-refractivity contribution in [3.05, 3.63) is 11.6 Å². The molecule has 6 unspecified atom stereocenters. The number of ether oxygens (including phenoxy) is 3. The summed E-state index contributed by atoms with van der Waals surface area (Å²) in [5.41, 5.74) is -0.535. The van der Waals surface area contributed by atoms with Gasteiger partial charge in [0.2, 0.25) is 0 Å². The predicted molar refractivity (Wildman–Crippen MR) is 122 cm³/mol. The molecule has 5 aliphatic rings. The minimum atomic E-state index is -0.978. The molecule has 0 spiro atoms. The van der Waals surface area contributed by atoms with Gasteiger partial charge in [0.1, 0.15) is 18.8 Å². The fourth-order valence-corrected chi connectivity index (χ4v) is 9.08. The van der Waals surface area contributed by atoms with Gasteiger partial charge in [-0.2, -0.15) is 0 Å². The largest absolute Gasteiger partial charge is 0.463 e. The van der Waals surface area contributed by atoms with Crippen molar-refractivity contribution in [1.82, 2.24) is 0 Å². The van der Waals surface area contributed by atoms with Gasteiger partial charge in [-0.25, -0.2) is 4.79 Å². The highest BCUT2D eigenvalue weighted by Crippen LogP contribution is 2.70. The van der Waals surface area contributed by atoms with E-state index in [0.29, 0.717) is 18.3 Å². The maximum Gasteiger partial charge on any atom is 0.331 e. The third-order valence-electron chi connectivity index (χ3n) is 10.5. The molecule has 0 saturated heterocycles. The minimum absolute atomic E-state index is 0.000108. The van der Waals surface area contributed by atoms with E-state index in [1.807, 2.05) is 0 Å². The first-order valence-electron chi connectivity index (χ1n) is 12.9. The van der Waals surface area contributed by atoms with Gasteiger partial charge >= 0.3 is 17.9 Å². The molecule has 1 N–H and O–H groups in total. The van der Waals surface area contributed by atoms with Crippen LogP contribution in [0, 0.1) is 34.5 Å². The first-order chi connectivity index (χ1) is 16.0. The number of hydrogen-bond donors (Lipinski definition) is 1. The van der Waals surface area contributed by atoms with Gasteiger partial charge in [-0.05, 0) is 73.7 Å². The average molecular weight is 475 g/mol. The molecule has 4 saturated carbocycles. The Balaban J connectivity index is 1.46. The van der Waals surface area contributed by atoms with Crippen molar-refractivity contribution in [3.63, 3.8) is 0 Å². The summed E-state index contributed by atoms with van der Waals surface area (Å²) in [5.74, 6) is -0.190. The minimum Gasteiger partial charge on any atom is -0.463 e. The van der Waals surface area contributed by atoms with Gasteiger partial charge in [0.15, 0.2) is 0 Å². The van der Waals surface area contributed by atoms with E-state index in [9.17, 15) is 19.5 Å². The molecular formula is C27H38O7. The lowest BCUT2D eigenvalue weighted by atomic mass is 9.43. The van der Waals surface area contributed by atoms with Crippen LogP contribution in [0.15, 0.2) is 11.6 Å². The summed E-state index contributed by atoms with van der Waals surface area (Å²) in [6, 6.07) is 0. The fourth-order valence-electron chi connectivity index (χ4n) is 9.08. The molecule has 5 rings (SSSR count). The molecule has 4 aliphatic carbocycles. The van der Waals surface area contributed by atoms with Crippen LogP contribution in [-0.4, -0.2) is 47.4 Å². The standard InChI is InChI=1S/C27H38O7/c1-15(28)33-19-7-9-25(3)18(12-19)5-6-21-20(25)8-10-26(4)24(17-11-23(30)32-14-17)22(34-16(2)29)13-27(21,26)31/h11,18-22,24,31H,5-10,12-14H2,1-4H3/t18?,19?,20-,21?,22?,24?,25-,26+,27?/m0/s1. The van der Waals surface area contributed by atoms with Crippen molar-refractivity contribution in [3.8, 4) is 0 Å². The van der Waals surface area contributed by atoms with Crippen molar-refractivity contribution in [2.75, 3.05) is 6.61 Å². The summed E-state index contributed by atoms with van der Waals surface area (Å²) >= 11 is 0. The molecule has 1 heterocycles. The zero-order chi connectivity index (χ0) is 24.5. The molecule has 188 valence electrons. The van der Waals surface area contributed by atoms with Crippen molar-refractivity contribution in [1.29, 1.82) is 0 Å². The number of hydrogen-bond acceptors (Lipinski definition) is 7. The lowest BCUT2D eigenvalue weighted by Crippen LogP contribution is -2.62. The van der Waals surface area contributed by atoms with E-state index in [-0.39, 0.29) is 47.9 Å². The first kappa shape index (κ1) is 23.8. The summed E-state index contributed by atoms with van der Waals surface area (Å²) < 4.78 is 16.6. The van der Waals surface area contributed by atoms with E-state index in [0.717, 1.165) is 50.5 Å². The number of esters is 3. The molecule has 0 aromatic rings. The normalized spacial score (nSPS) is 47.6. The van der Waals surface area contributed by atoms with E-state index in [1.54, 1.807) is 6.08 Å². The van der Waals surface area contributed by atoms with Gasteiger partial charge < -0.3 is 19.3 Å². The number of cyclic esters (lactones) is 1. The maximum absolute atomic E-state index is 12.5. The van der Waals surface area contributed by atoms with Crippen LogP contribution in [0.2, 0.25) is 0 Å². The molecule has 0 aromatic heterocycles. The topological polar surface area (TPSA) is 99.1 Å². The van der Waals surface area contributed by atoms with E-state index >= 15 is 0 Å². The molecule has 4 fully saturated rings. The number of carbonyl (C=O) groups is 3. The van der Waals surface area contributed by atoms with Gasteiger partial charge in [-0.1, -0.05) is 13.8 Å². The van der Waals surface area contributed by atoms with Gasteiger partial charge in [0.05, 0.1) is 5.60 Å². The average Bonchev–Trinajstić information content (AvgIpc) is 3.25. The Kier molecular flexibility index (Phi) is 5.66. The second-order valence-electron chi connectivity index (χ2n) is 12.0. The van der Waals surface area contributed by atoms with Crippen LogP contribution < -0.4 is 0 Å². The zero-order valence-corrected chi connectivity index (χ0v) is 20.8. The number of carbonyl (C=O) groups excluding carboxylic acids is 3. The van der Waals surface area contributed by atoms with Crippen molar-refractivity contribution in [2.45, 2.75) is 96.9 Å². The Morgan fingerprint density at radius 1 is 1.03 bits per heavy atom. The predicted octanol–water partition coefficient (Wildman–Crippen LogP) is 3.72. The Hall–Kier alpha value is -1.89. The highest BCUT2D eigenvalue weighted by molar-refractivity contribution is 5.85. The lowest BCUT2D eigenvalue weighted by molar-refractivity contribution is -0.210. The van der Waals surface area contributed by atoms with Crippen LogP contribution >= 0.6 is 0 Å². The molecule has 34 heavy (non-hydrogen) atoms. The van der Waals surface area contributed by atoms with Crippen LogP contribution in [0.25, 0.3) is 0 Å². The van der Waals surface area contributed by atoms with E-state index < -0.39 is 17.1 Å². The highest BCUT2D eigenvalue weighted by atomic mass is 16.6. The van der Waals surface area contributed by atoms with E-state index in [2.05, 4.69) is 13.8 Å². The number of rotatable bonds is 3. The van der Waals surface area contributed by atoms with Crippen molar-refractivity contribution < 1.29 is 33.7 Å². The van der Waals surface area contributed by atoms with Crippen molar-refractivity contribution in [2.24, 2.45) is 34.5 Å². The fraction of sp³-hybridized carbons (Fsp3) is 0.815. The molecule has 1 aliphatic heterocycles. The highest BCUT2D eigenvalue weighted by Gasteiger charge is 2.71. The SMILES string of the molecule is CC(=O)OC1CC[C@@]2(C)C(CCC3[C@@H]2CC[C@]2(C)C(C4=CC(=O)OC4)C(OC(C)=O)CC32O)C1. The van der Waals surface area contributed by atoms with Gasteiger partial charge in [0, 0.05) is 37.7 Å². The zero-order valence-electron chi connectivity index (χ0n) is 20.8. The van der Waals surface area contributed by atoms with E-state index in [4.69, 9.17) is 14.2 Å². The Morgan fingerprint density at radius 2 is 1.76 bits per heavy atom. The molecule has 7 heteroatoms. The quantitative estimate of drug-likeness (QED) is 0.492. The Morgan fingerprint density at radius 3 is 2.41 bits per heavy atom. The summed E-state index contributed by atoms with van der Waals surface area (Å²) in [6.07, 6.45) is 7.98. The van der Waals surface area contributed by atoms with Crippen LogP contribution in [-0.2, 0) is 28.6 Å². The molecule has 0 amide bonds. The van der Waals surface area contributed by atoms with Gasteiger partial charge in [0.25, 0.3) is 0 Å². The van der Waals surface area contributed by atoms with E-state index in [1.165, 1.54) is 13.8 Å². The molecule has 9 atom stereocenters. The Bertz CT molecular complexity index is 926. The summed E-state index contributed by atoms with van der Waals surface area (Å²) in [6.45, 7) is 7.61. The lowest BCUT2D eigenvalue weighted by Gasteiger charge is -2.63. The third-order valence-corrected chi connectivity index (χ3v) is 10.5. The second kappa shape index (κ2) is 8.07. The molecule has 7 nitrogen and oxygen atoms in total. The summed E-state index contributed by atoms with van der Waals surface area (Å²) in [7, 11) is 0. The molecule has 0 bridgehead atoms.